The van der Waals surface area contributed by atoms with Crippen LogP contribution in [0.15, 0.2) is 52.2 Å². The Bertz CT molecular complexity index is 543. The van der Waals surface area contributed by atoms with Crippen molar-refractivity contribution in [2.45, 2.75) is 0 Å². The number of nitrogens with zero attached hydrogens (tertiary/aromatic N) is 2. The van der Waals surface area contributed by atoms with Crippen molar-refractivity contribution in [3.8, 4) is 5.75 Å². The largest absolute Gasteiger partial charge is 0.496 e. The molecule has 2 aromatic rings. The lowest BCUT2D eigenvalue weighted by Gasteiger charge is -2.03. The highest BCUT2D eigenvalue weighted by atomic mass is 79.9. The lowest BCUT2D eigenvalue weighted by Crippen LogP contribution is -1.93. The third kappa shape index (κ3) is 3.30. The minimum atomic E-state index is 0.710. The molecule has 1 aromatic carbocycles. The molecule has 1 heterocycles. The van der Waals surface area contributed by atoms with E-state index in [-0.39, 0.29) is 0 Å². The first kappa shape index (κ1) is 12.6. The summed E-state index contributed by atoms with van der Waals surface area (Å²) in [5.74, 6) is 1.51. The van der Waals surface area contributed by atoms with Crippen LogP contribution >= 0.6 is 15.9 Å². The van der Waals surface area contributed by atoms with Crippen LogP contribution < -0.4 is 10.2 Å². The highest BCUT2D eigenvalue weighted by Crippen LogP contribution is 2.24. The first-order valence-electron chi connectivity index (χ1n) is 5.33. The van der Waals surface area contributed by atoms with Crippen LogP contribution in [0.3, 0.4) is 0 Å². The van der Waals surface area contributed by atoms with E-state index < -0.39 is 0 Å². The number of nitrogens with one attached hydrogen (secondary N) is 1. The average Bonchev–Trinajstić information content (AvgIpc) is 2.40. The number of pyridine rings is 1. The quantitative estimate of drug-likeness (QED) is 0.696. The molecule has 0 saturated carbocycles. The van der Waals surface area contributed by atoms with Crippen LogP contribution in [0.1, 0.15) is 5.56 Å². The van der Waals surface area contributed by atoms with Crippen molar-refractivity contribution in [3.63, 3.8) is 0 Å². The number of hydrogen-bond acceptors (Lipinski definition) is 4. The second kappa shape index (κ2) is 6.16. The number of rotatable bonds is 4. The number of hydrazone groups is 1. The van der Waals surface area contributed by atoms with E-state index in [4.69, 9.17) is 4.74 Å². The second-order valence-corrected chi connectivity index (χ2v) is 4.33. The molecule has 0 bridgehead atoms. The molecule has 1 aromatic heterocycles. The zero-order chi connectivity index (χ0) is 12.8. The van der Waals surface area contributed by atoms with Crippen LogP contribution in [0.4, 0.5) is 5.82 Å². The Morgan fingerprint density at radius 3 is 2.89 bits per heavy atom. The number of halogens is 1. The molecular weight excluding hydrogens is 294 g/mol. The zero-order valence-electron chi connectivity index (χ0n) is 9.80. The van der Waals surface area contributed by atoms with E-state index in [2.05, 4.69) is 31.4 Å². The predicted molar refractivity (Wildman–Crippen MR) is 76.1 cm³/mol. The Labute approximate surface area is 114 Å². The van der Waals surface area contributed by atoms with E-state index in [0.717, 1.165) is 15.8 Å². The molecule has 0 radical (unpaired) electrons. The summed E-state index contributed by atoms with van der Waals surface area (Å²) in [4.78, 5) is 4.10. The standard InChI is InChI=1S/C13H12BrN3O/c1-18-12-6-5-10(8-11(12)14)9-16-17-13-4-2-3-7-15-13/h2-9H,1H3,(H,15,17). The van der Waals surface area contributed by atoms with E-state index in [1.54, 1.807) is 19.5 Å². The van der Waals surface area contributed by atoms with Crippen molar-refractivity contribution in [2.24, 2.45) is 5.10 Å². The highest BCUT2D eigenvalue weighted by molar-refractivity contribution is 9.10. The van der Waals surface area contributed by atoms with Gasteiger partial charge in [-0.2, -0.15) is 5.10 Å². The van der Waals surface area contributed by atoms with Gasteiger partial charge in [0, 0.05) is 6.20 Å². The van der Waals surface area contributed by atoms with Crippen molar-refractivity contribution in [1.82, 2.24) is 4.98 Å². The maximum Gasteiger partial charge on any atom is 0.146 e. The molecule has 0 aliphatic heterocycles. The molecule has 0 spiro atoms. The van der Waals surface area contributed by atoms with E-state index in [1.807, 2.05) is 36.4 Å². The normalized spacial score (nSPS) is 10.6. The minimum Gasteiger partial charge on any atom is -0.496 e. The van der Waals surface area contributed by atoms with Gasteiger partial charge in [0.25, 0.3) is 0 Å². The van der Waals surface area contributed by atoms with Crippen LogP contribution in [0.2, 0.25) is 0 Å². The van der Waals surface area contributed by atoms with Crippen molar-refractivity contribution in [1.29, 1.82) is 0 Å². The second-order valence-electron chi connectivity index (χ2n) is 3.48. The van der Waals surface area contributed by atoms with Gasteiger partial charge in [-0.3, -0.25) is 5.43 Å². The molecule has 18 heavy (non-hydrogen) atoms. The van der Waals surface area contributed by atoms with Gasteiger partial charge in [-0.05, 0) is 51.8 Å². The lowest BCUT2D eigenvalue weighted by molar-refractivity contribution is 0.412. The maximum absolute atomic E-state index is 5.16. The van der Waals surface area contributed by atoms with Crippen LogP contribution in [0.5, 0.6) is 5.75 Å². The molecule has 4 nitrogen and oxygen atoms in total. The van der Waals surface area contributed by atoms with Crippen LogP contribution in [-0.2, 0) is 0 Å². The summed E-state index contributed by atoms with van der Waals surface area (Å²) in [6.07, 6.45) is 3.43. The molecule has 2 rings (SSSR count). The summed E-state index contributed by atoms with van der Waals surface area (Å²) in [5.41, 5.74) is 3.82. The molecular formula is C13H12BrN3O. The molecule has 5 heteroatoms. The summed E-state index contributed by atoms with van der Waals surface area (Å²) in [6.45, 7) is 0. The van der Waals surface area contributed by atoms with Gasteiger partial charge in [0.1, 0.15) is 11.6 Å². The minimum absolute atomic E-state index is 0.710. The SMILES string of the molecule is COc1ccc(C=NNc2ccccn2)cc1Br. The number of aromatic nitrogens is 1. The topological polar surface area (TPSA) is 46.5 Å². The van der Waals surface area contributed by atoms with E-state index >= 15 is 0 Å². The Morgan fingerprint density at radius 2 is 2.22 bits per heavy atom. The van der Waals surface area contributed by atoms with Gasteiger partial charge >= 0.3 is 0 Å². The maximum atomic E-state index is 5.16. The Hall–Kier alpha value is -1.88. The zero-order valence-corrected chi connectivity index (χ0v) is 11.4. The van der Waals surface area contributed by atoms with Crippen LogP contribution in [0, 0.1) is 0 Å². The van der Waals surface area contributed by atoms with E-state index in [9.17, 15) is 0 Å². The number of methoxy groups -OCH3 is 1. The molecule has 0 atom stereocenters. The fraction of sp³-hybridized carbons (Fsp3) is 0.0769. The Kier molecular flexibility index (Phi) is 4.30. The fourth-order valence-electron chi connectivity index (χ4n) is 1.36. The number of anilines is 1. The van der Waals surface area contributed by atoms with E-state index in [0.29, 0.717) is 5.82 Å². The first-order chi connectivity index (χ1) is 8.79. The third-order valence-corrected chi connectivity index (χ3v) is 2.85. The molecule has 1 N–H and O–H groups in total. The van der Waals surface area contributed by atoms with Crippen LogP contribution in [0.25, 0.3) is 0 Å². The van der Waals surface area contributed by atoms with Gasteiger partial charge in [0.05, 0.1) is 17.8 Å². The molecule has 0 amide bonds. The Balaban J connectivity index is 2.03. The first-order valence-corrected chi connectivity index (χ1v) is 6.12. The summed E-state index contributed by atoms with van der Waals surface area (Å²) in [6, 6.07) is 11.3. The lowest BCUT2D eigenvalue weighted by atomic mass is 10.2. The van der Waals surface area contributed by atoms with Crippen molar-refractivity contribution >= 4 is 28.0 Å². The Morgan fingerprint density at radius 1 is 1.33 bits per heavy atom. The van der Waals surface area contributed by atoms with Crippen molar-refractivity contribution in [2.75, 3.05) is 12.5 Å². The number of benzene rings is 1. The van der Waals surface area contributed by atoms with Gasteiger partial charge in [-0.1, -0.05) is 6.07 Å². The molecule has 0 unspecified atom stereocenters. The van der Waals surface area contributed by atoms with Crippen molar-refractivity contribution < 1.29 is 4.74 Å². The highest BCUT2D eigenvalue weighted by Gasteiger charge is 1.99. The van der Waals surface area contributed by atoms with Gasteiger partial charge in [0.2, 0.25) is 0 Å². The summed E-state index contributed by atoms with van der Waals surface area (Å²) < 4.78 is 6.05. The molecule has 0 aliphatic carbocycles. The van der Waals surface area contributed by atoms with Gasteiger partial charge in [0.15, 0.2) is 0 Å². The molecule has 92 valence electrons. The predicted octanol–water partition coefficient (Wildman–Crippen LogP) is 3.30. The number of hydrogen-bond donors (Lipinski definition) is 1. The molecule has 0 saturated heterocycles. The third-order valence-electron chi connectivity index (χ3n) is 2.23. The molecule has 0 fully saturated rings. The van der Waals surface area contributed by atoms with Crippen molar-refractivity contribution in [3.05, 3.63) is 52.6 Å². The summed E-state index contributed by atoms with van der Waals surface area (Å²) >= 11 is 3.42. The smallest absolute Gasteiger partial charge is 0.146 e. The summed E-state index contributed by atoms with van der Waals surface area (Å²) in [5, 5.41) is 4.11. The molecule has 0 aliphatic rings. The summed E-state index contributed by atoms with van der Waals surface area (Å²) in [7, 11) is 1.64. The average molecular weight is 306 g/mol. The number of ether oxygens (including phenoxy) is 1. The van der Waals surface area contributed by atoms with Gasteiger partial charge in [-0.25, -0.2) is 4.98 Å². The van der Waals surface area contributed by atoms with Gasteiger partial charge < -0.3 is 4.74 Å². The van der Waals surface area contributed by atoms with E-state index in [1.165, 1.54) is 0 Å². The fourth-order valence-corrected chi connectivity index (χ4v) is 1.92. The monoisotopic (exact) mass is 305 g/mol. The van der Waals surface area contributed by atoms with Crippen LogP contribution in [-0.4, -0.2) is 18.3 Å². The van der Waals surface area contributed by atoms with Gasteiger partial charge in [-0.15, -0.1) is 0 Å².